The van der Waals surface area contributed by atoms with E-state index in [1.165, 1.54) is 25.8 Å². The molecule has 0 radical (unpaired) electrons. The van der Waals surface area contributed by atoms with E-state index in [2.05, 4.69) is 32.0 Å². The van der Waals surface area contributed by atoms with Gasteiger partial charge in [-0.3, -0.25) is 4.79 Å². The molecule has 6 nitrogen and oxygen atoms in total. The van der Waals surface area contributed by atoms with Crippen LogP contribution in [0.5, 0.6) is 0 Å². The van der Waals surface area contributed by atoms with Gasteiger partial charge in [0, 0.05) is 37.9 Å². The highest BCUT2D eigenvalue weighted by atomic mass is 16.2. The van der Waals surface area contributed by atoms with Crippen LogP contribution in [-0.2, 0) is 4.79 Å². The highest BCUT2D eigenvalue weighted by Gasteiger charge is 2.26. The maximum atomic E-state index is 12.6. The molecule has 2 aliphatic rings. The summed E-state index contributed by atoms with van der Waals surface area (Å²) in [6, 6.07) is 2.18. The number of nitrogens with zero attached hydrogens (tertiary/aromatic N) is 4. The predicted molar refractivity (Wildman–Crippen MR) is 99.3 cm³/mol. The molecule has 0 aliphatic carbocycles. The van der Waals surface area contributed by atoms with Crippen molar-refractivity contribution in [2.45, 2.75) is 51.5 Å². The summed E-state index contributed by atoms with van der Waals surface area (Å²) in [6.45, 7) is 7.45. The topological polar surface area (TPSA) is 61.4 Å². The fourth-order valence-corrected chi connectivity index (χ4v) is 3.94. The van der Waals surface area contributed by atoms with E-state index < -0.39 is 0 Å². The Balaban J connectivity index is 1.37. The number of carbonyl (C=O) groups is 1. The lowest BCUT2D eigenvalue weighted by atomic mass is 9.92. The van der Waals surface area contributed by atoms with Crippen LogP contribution in [0.2, 0.25) is 0 Å². The Morgan fingerprint density at radius 2 is 1.80 bits per heavy atom. The van der Waals surface area contributed by atoms with Crippen molar-refractivity contribution in [2.75, 3.05) is 38.0 Å². The van der Waals surface area contributed by atoms with Gasteiger partial charge in [0.15, 0.2) is 0 Å². The van der Waals surface area contributed by atoms with E-state index in [4.69, 9.17) is 0 Å². The molecule has 0 saturated carbocycles. The van der Waals surface area contributed by atoms with Crippen LogP contribution < -0.4 is 5.32 Å². The number of anilines is 1. The number of hydrogen-bond donors (Lipinski definition) is 1. The van der Waals surface area contributed by atoms with E-state index in [1.807, 2.05) is 6.07 Å². The molecule has 3 rings (SSSR count). The zero-order valence-corrected chi connectivity index (χ0v) is 15.4. The zero-order valence-electron chi connectivity index (χ0n) is 15.4. The number of hydrogen-bond acceptors (Lipinski definition) is 5. The van der Waals surface area contributed by atoms with Gasteiger partial charge in [0.2, 0.25) is 11.9 Å². The minimum absolute atomic E-state index is 0.350. The smallest absolute Gasteiger partial charge is 0.222 e. The van der Waals surface area contributed by atoms with Crippen molar-refractivity contribution < 1.29 is 4.79 Å². The number of rotatable bonds is 6. The van der Waals surface area contributed by atoms with E-state index in [-0.39, 0.29) is 0 Å². The fourth-order valence-electron chi connectivity index (χ4n) is 3.94. The van der Waals surface area contributed by atoms with E-state index in [0.29, 0.717) is 23.8 Å². The molecule has 0 spiro atoms. The average molecular weight is 345 g/mol. The highest BCUT2D eigenvalue weighted by Crippen LogP contribution is 2.23. The highest BCUT2D eigenvalue weighted by molar-refractivity contribution is 5.76. The van der Waals surface area contributed by atoms with Gasteiger partial charge in [-0.2, -0.15) is 0 Å². The molecule has 2 saturated heterocycles. The molecule has 0 unspecified atom stereocenters. The molecule has 0 atom stereocenters. The molecule has 6 heteroatoms. The Bertz CT molecular complexity index is 522. The van der Waals surface area contributed by atoms with Crippen LogP contribution in [0.25, 0.3) is 0 Å². The average Bonchev–Trinajstić information content (AvgIpc) is 2.65. The summed E-state index contributed by atoms with van der Waals surface area (Å²) in [7, 11) is 0. The summed E-state index contributed by atoms with van der Waals surface area (Å²) >= 11 is 0. The Labute approximate surface area is 151 Å². The first-order chi connectivity index (χ1) is 12.2. The summed E-state index contributed by atoms with van der Waals surface area (Å²) in [5, 5.41) is 3.37. The van der Waals surface area contributed by atoms with Crippen molar-refractivity contribution in [1.29, 1.82) is 0 Å². The molecule has 0 bridgehead atoms. The van der Waals surface area contributed by atoms with Crippen molar-refractivity contribution in [3.8, 4) is 0 Å². The number of aromatic nitrogens is 2. The summed E-state index contributed by atoms with van der Waals surface area (Å²) < 4.78 is 0. The lowest BCUT2D eigenvalue weighted by molar-refractivity contribution is -0.133. The second-order valence-electron chi connectivity index (χ2n) is 7.36. The molecular weight excluding hydrogens is 314 g/mol. The Morgan fingerprint density at radius 1 is 1.12 bits per heavy atom. The molecule has 1 aromatic rings. The zero-order chi connectivity index (χ0) is 17.5. The summed E-state index contributed by atoms with van der Waals surface area (Å²) in [6.07, 6.45) is 9.75. The van der Waals surface area contributed by atoms with Gasteiger partial charge >= 0.3 is 0 Å². The van der Waals surface area contributed by atoms with Gasteiger partial charge in [-0.15, -0.1) is 0 Å². The van der Waals surface area contributed by atoms with Gasteiger partial charge in [0.05, 0.1) is 0 Å². The predicted octanol–water partition coefficient (Wildman–Crippen LogP) is 2.39. The first-order valence-corrected chi connectivity index (χ1v) is 9.78. The fraction of sp³-hybridized carbons (Fsp3) is 0.737. The van der Waals surface area contributed by atoms with Crippen LogP contribution in [0.1, 0.15) is 45.4 Å². The molecule has 1 aromatic heterocycles. The minimum atomic E-state index is 0.350. The number of likely N-dealkylation sites (tertiary alicyclic amines) is 2. The van der Waals surface area contributed by atoms with Crippen LogP contribution >= 0.6 is 0 Å². The van der Waals surface area contributed by atoms with Crippen LogP contribution in [0.4, 0.5) is 5.95 Å². The lowest BCUT2D eigenvalue weighted by Crippen LogP contribution is -2.43. The van der Waals surface area contributed by atoms with Gasteiger partial charge in [0.1, 0.15) is 0 Å². The van der Waals surface area contributed by atoms with Gasteiger partial charge in [-0.05, 0) is 63.7 Å². The standard InChI is InChI=1S/C19H31N5O/c1-2-10-23-11-4-16(5-12-23)15-18(25)24-13-6-17(7-14-24)22-19-20-8-3-9-21-19/h3,8-9,16-17H,2,4-7,10-15H2,1H3,(H,20,21,22). The largest absolute Gasteiger partial charge is 0.351 e. The number of piperidine rings is 2. The second-order valence-corrected chi connectivity index (χ2v) is 7.36. The molecule has 2 aliphatic heterocycles. The third-order valence-electron chi connectivity index (χ3n) is 5.46. The molecule has 1 N–H and O–H groups in total. The van der Waals surface area contributed by atoms with Crippen LogP contribution in [0.3, 0.4) is 0 Å². The summed E-state index contributed by atoms with van der Waals surface area (Å²) in [5.74, 6) is 1.61. The van der Waals surface area contributed by atoms with Gasteiger partial charge < -0.3 is 15.1 Å². The summed E-state index contributed by atoms with van der Waals surface area (Å²) in [5.41, 5.74) is 0. The third kappa shape index (κ3) is 5.39. The second kappa shape index (κ2) is 9.13. The molecular formula is C19H31N5O. The van der Waals surface area contributed by atoms with E-state index in [1.54, 1.807) is 12.4 Å². The maximum Gasteiger partial charge on any atom is 0.222 e. The SMILES string of the molecule is CCCN1CCC(CC(=O)N2CCC(Nc3ncccn3)CC2)CC1. The van der Waals surface area contributed by atoms with Crippen molar-refractivity contribution >= 4 is 11.9 Å². The van der Waals surface area contributed by atoms with E-state index >= 15 is 0 Å². The van der Waals surface area contributed by atoms with Crippen molar-refractivity contribution in [3.63, 3.8) is 0 Å². The Kier molecular flexibility index (Phi) is 6.62. The Hall–Kier alpha value is -1.69. The van der Waals surface area contributed by atoms with Crippen molar-refractivity contribution in [3.05, 3.63) is 18.5 Å². The first-order valence-electron chi connectivity index (χ1n) is 9.78. The minimum Gasteiger partial charge on any atom is -0.351 e. The normalized spacial score (nSPS) is 20.6. The lowest BCUT2D eigenvalue weighted by Gasteiger charge is -2.35. The van der Waals surface area contributed by atoms with Crippen LogP contribution in [0.15, 0.2) is 18.5 Å². The van der Waals surface area contributed by atoms with E-state index in [9.17, 15) is 4.79 Å². The maximum absolute atomic E-state index is 12.6. The van der Waals surface area contributed by atoms with Gasteiger partial charge in [-0.1, -0.05) is 6.92 Å². The van der Waals surface area contributed by atoms with E-state index in [0.717, 1.165) is 45.4 Å². The Morgan fingerprint density at radius 3 is 2.44 bits per heavy atom. The molecule has 138 valence electrons. The quantitative estimate of drug-likeness (QED) is 0.858. The van der Waals surface area contributed by atoms with Crippen molar-refractivity contribution in [2.24, 2.45) is 5.92 Å². The van der Waals surface area contributed by atoms with Crippen LogP contribution in [-0.4, -0.2) is 64.4 Å². The number of amides is 1. The summed E-state index contributed by atoms with van der Waals surface area (Å²) in [4.78, 5) is 25.6. The van der Waals surface area contributed by atoms with Gasteiger partial charge in [0.25, 0.3) is 0 Å². The molecule has 25 heavy (non-hydrogen) atoms. The number of nitrogens with one attached hydrogen (secondary N) is 1. The number of carbonyl (C=O) groups excluding carboxylic acids is 1. The van der Waals surface area contributed by atoms with Crippen LogP contribution in [0, 0.1) is 5.92 Å². The monoisotopic (exact) mass is 345 g/mol. The first kappa shape index (κ1) is 18.1. The van der Waals surface area contributed by atoms with Crippen molar-refractivity contribution in [1.82, 2.24) is 19.8 Å². The van der Waals surface area contributed by atoms with Gasteiger partial charge in [-0.25, -0.2) is 9.97 Å². The molecule has 2 fully saturated rings. The molecule has 1 amide bonds. The third-order valence-corrected chi connectivity index (χ3v) is 5.46. The molecule has 0 aromatic carbocycles. The molecule has 3 heterocycles.